The standard InChI is InChI=1S/C20H28F3N5S/c1-4-24-19(26-12-18-27-17(14-29-18)20(21,22)23)25-11-10-15(2)28(3)13-16-8-6-5-7-9-16/h5-9,14-15H,4,10-13H2,1-3H3,(H2,24,25,26). The smallest absolute Gasteiger partial charge is 0.357 e. The Labute approximate surface area is 174 Å². The molecule has 160 valence electrons. The highest BCUT2D eigenvalue weighted by Gasteiger charge is 2.33. The molecule has 0 fully saturated rings. The largest absolute Gasteiger partial charge is 0.434 e. The molecule has 0 saturated carbocycles. The molecule has 9 heteroatoms. The van der Waals surface area contributed by atoms with Crippen molar-refractivity contribution in [2.24, 2.45) is 4.99 Å². The zero-order valence-corrected chi connectivity index (χ0v) is 17.8. The molecule has 29 heavy (non-hydrogen) atoms. The summed E-state index contributed by atoms with van der Waals surface area (Å²) in [6.45, 7) is 6.47. The Hall–Kier alpha value is -2.13. The summed E-state index contributed by atoms with van der Waals surface area (Å²) < 4.78 is 37.9. The maximum Gasteiger partial charge on any atom is 0.434 e. The second kappa shape index (κ2) is 11.2. The number of benzene rings is 1. The first kappa shape index (κ1) is 23.2. The van der Waals surface area contributed by atoms with Crippen LogP contribution in [-0.2, 0) is 19.3 Å². The van der Waals surface area contributed by atoms with Gasteiger partial charge < -0.3 is 10.6 Å². The van der Waals surface area contributed by atoms with Crippen molar-refractivity contribution in [1.82, 2.24) is 20.5 Å². The van der Waals surface area contributed by atoms with Crippen LogP contribution in [-0.4, -0.2) is 42.0 Å². The molecule has 0 saturated heterocycles. The SMILES string of the molecule is CCNC(=NCc1nc(C(F)(F)F)cs1)NCCC(C)N(C)Cc1ccccc1. The van der Waals surface area contributed by atoms with Gasteiger partial charge in [0, 0.05) is 31.1 Å². The van der Waals surface area contributed by atoms with Gasteiger partial charge >= 0.3 is 6.18 Å². The summed E-state index contributed by atoms with van der Waals surface area (Å²) >= 11 is 0.970. The minimum atomic E-state index is -4.41. The van der Waals surface area contributed by atoms with Crippen LogP contribution in [0, 0.1) is 0 Å². The molecule has 0 aliphatic carbocycles. The van der Waals surface area contributed by atoms with E-state index < -0.39 is 11.9 Å². The van der Waals surface area contributed by atoms with Gasteiger partial charge in [0.05, 0.1) is 6.54 Å². The number of hydrogen-bond acceptors (Lipinski definition) is 4. The van der Waals surface area contributed by atoms with Gasteiger partial charge in [0.2, 0.25) is 0 Å². The predicted octanol–water partition coefficient (Wildman–Crippen LogP) is 4.13. The topological polar surface area (TPSA) is 52.6 Å². The Morgan fingerprint density at radius 2 is 1.97 bits per heavy atom. The van der Waals surface area contributed by atoms with E-state index in [2.05, 4.69) is 51.6 Å². The summed E-state index contributed by atoms with van der Waals surface area (Å²) in [4.78, 5) is 10.2. The minimum Gasteiger partial charge on any atom is -0.357 e. The Kier molecular flexibility index (Phi) is 8.91. The molecular weight excluding hydrogens is 399 g/mol. The molecule has 0 aliphatic rings. The first-order valence-corrected chi connectivity index (χ1v) is 10.5. The molecule has 1 heterocycles. The van der Waals surface area contributed by atoms with E-state index >= 15 is 0 Å². The zero-order chi connectivity index (χ0) is 21.3. The number of halogens is 3. The molecular formula is C20H28F3N5S. The highest BCUT2D eigenvalue weighted by molar-refractivity contribution is 7.09. The van der Waals surface area contributed by atoms with Gasteiger partial charge in [0.25, 0.3) is 0 Å². The van der Waals surface area contributed by atoms with Gasteiger partial charge in [-0.3, -0.25) is 4.90 Å². The lowest BCUT2D eigenvalue weighted by Crippen LogP contribution is -2.40. The van der Waals surface area contributed by atoms with Crippen molar-refractivity contribution in [3.8, 4) is 0 Å². The fraction of sp³-hybridized carbons (Fsp3) is 0.500. The predicted molar refractivity (Wildman–Crippen MR) is 112 cm³/mol. The number of rotatable bonds is 9. The number of nitrogens with zero attached hydrogens (tertiary/aromatic N) is 3. The summed E-state index contributed by atoms with van der Waals surface area (Å²) in [5.74, 6) is 0.578. The van der Waals surface area contributed by atoms with Crippen LogP contribution in [0.25, 0.3) is 0 Å². The fourth-order valence-electron chi connectivity index (χ4n) is 2.65. The van der Waals surface area contributed by atoms with Crippen LogP contribution < -0.4 is 10.6 Å². The van der Waals surface area contributed by atoms with Gasteiger partial charge in [-0.25, -0.2) is 9.98 Å². The monoisotopic (exact) mass is 427 g/mol. The van der Waals surface area contributed by atoms with Gasteiger partial charge in [-0.2, -0.15) is 13.2 Å². The third-order valence-electron chi connectivity index (χ3n) is 4.44. The number of guanidine groups is 1. The van der Waals surface area contributed by atoms with E-state index in [0.29, 0.717) is 30.1 Å². The van der Waals surface area contributed by atoms with Crippen LogP contribution in [0.15, 0.2) is 40.7 Å². The van der Waals surface area contributed by atoms with E-state index in [1.54, 1.807) is 0 Å². The average Bonchev–Trinajstić information content (AvgIpc) is 3.16. The van der Waals surface area contributed by atoms with Gasteiger partial charge in [-0.05, 0) is 32.9 Å². The molecule has 1 aromatic heterocycles. The molecule has 0 bridgehead atoms. The molecule has 2 N–H and O–H groups in total. The lowest BCUT2D eigenvalue weighted by molar-refractivity contribution is -0.140. The van der Waals surface area contributed by atoms with Crippen LogP contribution >= 0.6 is 11.3 Å². The normalized spacial score (nSPS) is 13.6. The fourth-order valence-corrected chi connectivity index (χ4v) is 3.37. The molecule has 5 nitrogen and oxygen atoms in total. The summed E-state index contributed by atoms with van der Waals surface area (Å²) in [5.41, 5.74) is 0.410. The van der Waals surface area contributed by atoms with Crippen LogP contribution in [0.2, 0.25) is 0 Å². The van der Waals surface area contributed by atoms with Crippen LogP contribution in [0.5, 0.6) is 0 Å². The van der Waals surface area contributed by atoms with Crippen molar-refractivity contribution in [3.05, 3.63) is 52.0 Å². The Morgan fingerprint density at radius 1 is 1.24 bits per heavy atom. The molecule has 2 aromatic rings. The number of nitrogens with one attached hydrogen (secondary N) is 2. The van der Waals surface area contributed by atoms with Gasteiger partial charge in [0.1, 0.15) is 5.01 Å². The maximum absolute atomic E-state index is 12.6. The highest BCUT2D eigenvalue weighted by atomic mass is 32.1. The number of thiazole rings is 1. The van der Waals surface area contributed by atoms with E-state index in [0.717, 1.165) is 29.7 Å². The molecule has 1 aromatic carbocycles. The number of aliphatic imine (C=N–C) groups is 1. The summed E-state index contributed by atoms with van der Waals surface area (Å²) in [6, 6.07) is 10.7. The number of aromatic nitrogens is 1. The maximum atomic E-state index is 12.6. The number of alkyl halides is 3. The quantitative estimate of drug-likeness (QED) is 0.467. The average molecular weight is 428 g/mol. The van der Waals surface area contributed by atoms with Crippen molar-refractivity contribution in [1.29, 1.82) is 0 Å². The third-order valence-corrected chi connectivity index (χ3v) is 5.27. The minimum absolute atomic E-state index is 0.111. The lowest BCUT2D eigenvalue weighted by atomic mass is 10.1. The van der Waals surface area contributed by atoms with E-state index in [1.807, 2.05) is 25.1 Å². The van der Waals surface area contributed by atoms with Crippen LogP contribution in [0.4, 0.5) is 13.2 Å². The summed E-state index contributed by atoms with van der Waals surface area (Å²) in [6.07, 6.45) is -3.51. The molecule has 0 amide bonds. The van der Waals surface area contributed by atoms with E-state index in [4.69, 9.17) is 0 Å². The van der Waals surface area contributed by atoms with Gasteiger partial charge in [-0.1, -0.05) is 30.3 Å². The molecule has 2 rings (SSSR count). The molecule has 1 unspecified atom stereocenters. The Morgan fingerprint density at radius 3 is 2.59 bits per heavy atom. The zero-order valence-electron chi connectivity index (χ0n) is 17.0. The number of hydrogen-bond donors (Lipinski definition) is 2. The van der Waals surface area contributed by atoms with Gasteiger partial charge in [0.15, 0.2) is 11.7 Å². The lowest BCUT2D eigenvalue weighted by Gasteiger charge is -2.25. The summed E-state index contributed by atoms with van der Waals surface area (Å²) in [7, 11) is 2.09. The Bertz CT molecular complexity index is 761. The van der Waals surface area contributed by atoms with Crippen molar-refractivity contribution in [2.75, 3.05) is 20.1 Å². The molecule has 1 atom stereocenters. The van der Waals surface area contributed by atoms with Gasteiger partial charge in [-0.15, -0.1) is 11.3 Å². The molecule has 0 radical (unpaired) electrons. The highest BCUT2D eigenvalue weighted by Crippen LogP contribution is 2.30. The van der Waals surface area contributed by atoms with Crippen LogP contribution in [0.3, 0.4) is 0 Å². The second-order valence-corrected chi connectivity index (χ2v) is 7.73. The first-order valence-electron chi connectivity index (χ1n) is 9.57. The second-order valence-electron chi connectivity index (χ2n) is 6.78. The van der Waals surface area contributed by atoms with Crippen molar-refractivity contribution in [2.45, 2.75) is 45.6 Å². The molecule has 0 spiro atoms. The molecule has 0 aliphatic heterocycles. The van der Waals surface area contributed by atoms with Crippen molar-refractivity contribution < 1.29 is 13.2 Å². The van der Waals surface area contributed by atoms with E-state index in [9.17, 15) is 13.2 Å². The first-order chi connectivity index (χ1) is 13.8. The van der Waals surface area contributed by atoms with E-state index in [1.165, 1.54) is 5.56 Å². The Balaban J connectivity index is 1.82. The van der Waals surface area contributed by atoms with Crippen LogP contribution in [0.1, 0.15) is 36.5 Å². The van der Waals surface area contributed by atoms with Crippen molar-refractivity contribution >= 4 is 17.3 Å². The summed E-state index contributed by atoms with van der Waals surface area (Å²) in [5, 5.41) is 7.72. The third kappa shape index (κ3) is 8.02. The van der Waals surface area contributed by atoms with Crippen molar-refractivity contribution in [3.63, 3.8) is 0 Å². The van der Waals surface area contributed by atoms with E-state index in [-0.39, 0.29) is 6.54 Å².